The fourth-order valence-corrected chi connectivity index (χ4v) is 2.97. The largest absolute Gasteiger partial charge is 0.489 e. The smallest absolute Gasteiger partial charge is 0.176 e. The topological polar surface area (TPSA) is 35.5 Å². The van der Waals surface area contributed by atoms with Crippen molar-refractivity contribution in [3.8, 4) is 5.75 Å². The van der Waals surface area contributed by atoms with Crippen molar-refractivity contribution in [2.75, 3.05) is 6.61 Å². The lowest BCUT2D eigenvalue weighted by atomic mass is 9.83. The van der Waals surface area contributed by atoms with Crippen LogP contribution in [0.4, 0.5) is 0 Å². The zero-order valence-electron chi connectivity index (χ0n) is 9.48. The van der Waals surface area contributed by atoms with Crippen LogP contribution in [-0.2, 0) is 4.74 Å². The molecule has 2 unspecified atom stereocenters. The number of carbonyl (C=O) groups is 1. The Morgan fingerprint density at radius 1 is 1.41 bits per heavy atom. The van der Waals surface area contributed by atoms with Gasteiger partial charge < -0.3 is 9.47 Å². The molecule has 0 N–H and O–H groups in total. The molecule has 4 heteroatoms. The molecular formula is C13H13BrO3. The van der Waals surface area contributed by atoms with Gasteiger partial charge in [-0.05, 0) is 25.1 Å². The van der Waals surface area contributed by atoms with Gasteiger partial charge in [0.15, 0.2) is 5.78 Å². The van der Waals surface area contributed by atoms with Gasteiger partial charge >= 0.3 is 0 Å². The quantitative estimate of drug-likeness (QED) is 0.738. The minimum Gasteiger partial charge on any atom is -0.489 e. The highest BCUT2D eigenvalue weighted by Crippen LogP contribution is 2.37. The number of fused-ring (bicyclic) bond motifs is 2. The van der Waals surface area contributed by atoms with E-state index in [1.54, 1.807) is 0 Å². The van der Waals surface area contributed by atoms with Crippen molar-refractivity contribution < 1.29 is 14.3 Å². The Morgan fingerprint density at radius 3 is 3.06 bits per heavy atom. The van der Waals surface area contributed by atoms with Crippen LogP contribution in [0, 0.1) is 5.92 Å². The number of rotatable bonds is 0. The lowest BCUT2D eigenvalue weighted by Crippen LogP contribution is -2.48. The van der Waals surface area contributed by atoms with Gasteiger partial charge in [-0.2, -0.15) is 0 Å². The third-order valence-electron chi connectivity index (χ3n) is 3.48. The second kappa shape index (κ2) is 4.10. The molecule has 3 rings (SSSR count). The van der Waals surface area contributed by atoms with Crippen LogP contribution >= 0.6 is 15.9 Å². The standard InChI is InChI=1S/C13H13BrO3/c1-7-12-11(4-5-16-7)17-10-3-2-8(14)6-9(10)13(12)15/h2-3,6-7,11-12H,4-5H2,1H3/t7-,11?,12?/m1/s1. The van der Waals surface area contributed by atoms with Gasteiger partial charge in [0, 0.05) is 10.9 Å². The molecule has 2 heterocycles. The van der Waals surface area contributed by atoms with Crippen molar-refractivity contribution in [2.24, 2.45) is 5.92 Å². The second-order valence-electron chi connectivity index (χ2n) is 4.55. The van der Waals surface area contributed by atoms with Gasteiger partial charge in [-0.3, -0.25) is 4.79 Å². The molecule has 1 fully saturated rings. The Morgan fingerprint density at radius 2 is 2.24 bits per heavy atom. The summed E-state index contributed by atoms with van der Waals surface area (Å²) in [5, 5.41) is 0. The molecule has 1 aromatic rings. The van der Waals surface area contributed by atoms with Crippen LogP contribution in [0.25, 0.3) is 0 Å². The van der Waals surface area contributed by atoms with E-state index in [0.29, 0.717) is 17.9 Å². The number of ketones is 1. The normalized spacial score (nSPS) is 31.4. The highest BCUT2D eigenvalue weighted by molar-refractivity contribution is 9.10. The van der Waals surface area contributed by atoms with Crippen molar-refractivity contribution >= 4 is 21.7 Å². The van der Waals surface area contributed by atoms with E-state index < -0.39 is 0 Å². The van der Waals surface area contributed by atoms with Crippen LogP contribution < -0.4 is 4.74 Å². The molecule has 0 spiro atoms. The van der Waals surface area contributed by atoms with E-state index >= 15 is 0 Å². The first kappa shape index (κ1) is 11.2. The molecule has 0 bridgehead atoms. The Hall–Kier alpha value is -0.870. The lowest BCUT2D eigenvalue weighted by molar-refractivity contribution is -0.0657. The Labute approximate surface area is 108 Å². The van der Waals surface area contributed by atoms with E-state index in [1.165, 1.54) is 0 Å². The van der Waals surface area contributed by atoms with E-state index in [0.717, 1.165) is 10.9 Å². The second-order valence-corrected chi connectivity index (χ2v) is 5.47. The first-order valence-electron chi connectivity index (χ1n) is 5.79. The first-order valence-corrected chi connectivity index (χ1v) is 6.58. The monoisotopic (exact) mass is 296 g/mol. The van der Waals surface area contributed by atoms with Crippen LogP contribution in [0.2, 0.25) is 0 Å². The van der Waals surface area contributed by atoms with Crippen LogP contribution in [0.1, 0.15) is 23.7 Å². The van der Waals surface area contributed by atoms with E-state index in [2.05, 4.69) is 15.9 Å². The summed E-state index contributed by atoms with van der Waals surface area (Å²) in [7, 11) is 0. The molecular weight excluding hydrogens is 284 g/mol. The van der Waals surface area contributed by atoms with Gasteiger partial charge in [-0.25, -0.2) is 0 Å². The maximum absolute atomic E-state index is 12.4. The summed E-state index contributed by atoms with van der Waals surface area (Å²) < 4.78 is 12.4. The van der Waals surface area contributed by atoms with Crippen molar-refractivity contribution in [1.82, 2.24) is 0 Å². The third-order valence-corrected chi connectivity index (χ3v) is 3.97. The SMILES string of the molecule is C[C@H]1OCCC2Oc3ccc(Br)cc3C(=O)C21. The average molecular weight is 297 g/mol. The maximum Gasteiger partial charge on any atom is 0.176 e. The summed E-state index contributed by atoms with van der Waals surface area (Å²) in [6.07, 6.45) is 0.698. The molecule has 0 saturated carbocycles. The zero-order chi connectivity index (χ0) is 12.0. The molecule has 17 heavy (non-hydrogen) atoms. The molecule has 3 atom stereocenters. The van der Waals surface area contributed by atoms with Gasteiger partial charge in [0.25, 0.3) is 0 Å². The molecule has 2 aliphatic heterocycles. The number of carbonyl (C=O) groups excluding carboxylic acids is 1. The number of benzene rings is 1. The van der Waals surface area contributed by atoms with Crippen LogP contribution in [0.15, 0.2) is 22.7 Å². The fraction of sp³-hybridized carbons (Fsp3) is 0.462. The number of hydrogen-bond acceptors (Lipinski definition) is 3. The molecule has 0 aromatic heterocycles. The maximum atomic E-state index is 12.4. The Bertz CT molecular complexity index is 472. The van der Waals surface area contributed by atoms with Crippen LogP contribution in [0.3, 0.4) is 0 Å². The summed E-state index contributed by atoms with van der Waals surface area (Å²) in [4.78, 5) is 12.4. The summed E-state index contributed by atoms with van der Waals surface area (Å²) in [5.74, 6) is 0.684. The molecule has 2 aliphatic rings. The summed E-state index contributed by atoms with van der Waals surface area (Å²) in [6, 6.07) is 5.58. The predicted molar refractivity (Wildman–Crippen MR) is 66.4 cm³/mol. The average Bonchev–Trinajstić information content (AvgIpc) is 2.30. The van der Waals surface area contributed by atoms with Gasteiger partial charge in [-0.15, -0.1) is 0 Å². The van der Waals surface area contributed by atoms with Crippen LogP contribution in [-0.4, -0.2) is 24.6 Å². The van der Waals surface area contributed by atoms with Crippen molar-refractivity contribution in [1.29, 1.82) is 0 Å². The van der Waals surface area contributed by atoms with E-state index in [-0.39, 0.29) is 23.9 Å². The molecule has 0 aliphatic carbocycles. The number of halogens is 1. The van der Waals surface area contributed by atoms with Crippen molar-refractivity contribution in [3.05, 3.63) is 28.2 Å². The molecule has 3 nitrogen and oxygen atoms in total. The minimum absolute atomic E-state index is 0.0278. The number of Topliss-reactive ketones (excluding diaryl/α,β-unsaturated/α-hetero) is 1. The number of ether oxygens (including phenoxy) is 2. The third kappa shape index (κ3) is 1.79. The Balaban J connectivity index is 2.04. The Kier molecular flexibility index (Phi) is 2.71. The molecule has 0 radical (unpaired) electrons. The summed E-state index contributed by atoms with van der Waals surface area (Å²) in [5.41, 5.74) is 0.665. The highest BCUT2D eigenvalue weighted by atomic mass is 79.9. The zero-order valence-corrected chi connectivity index (χ0v) is 11.1. The molecule has 1 aromatic carbocycles. The lowest BCUT2D eigenvalue weighted by Gasteiger charge is -2.39. The highest BCUT2D eigenvalue weighted by Gasteiger charge is 2.43. The molecule has 90 valence electrons. The first-order chi connectivity index (χ1) is 8.16. The van der Waals surface area contributed by atoms with Gasteiger partial charge in [-0.1, -0.05) is 15.9 Å². The molecule has 1 saturated heterocycles. The van der Waals surface area contributed by atoms with Gasteiger partial charge in [0.1, 0.15) is 11.9 Å². The van der Waals surface area contributed by atoms with Crippen molar-refractivity contribution in [2.45, 2.75) is 25.6 Å². The summed E-state index contributed by atoms with van der Waals surface area (Å²) in [6.45, 7) is 2.61. The van der Waals surface area contributed by atoms with E-state index in [9.17, 15) is 4.79 Å². The van der Waals surface area contributed by atoms with Gasteiger partial charge in [0.2, 0.25) is 0 Å². The predicted octanol–water partition coefficient (Wildman–Crippen LogP) is 2.82. The minimum atomic E-state index is -0.162. The number of hydrogen-bond donors (Lipinski definition) is 0. The molecule has 0 amide bonds. The fourth-order valence-electron chi connectivity index (χ4n) is 2.61. The van der Waals surface area contributed by atoms with Gasteiger partial charge in [0.05, 0.1) is 24.2 Å². The van der Waals surface area contributed by atoms with E-state index in [1.807, 2.05) is 25.1 Å². The van der Waals surface area contributed by atoms with E-state index in [4.69, 9.17) is 9.47 Å². The summed E-state index contributed by atoms with van der Waals surface area (Å²) >= 11 is 3.38. The van der Waals surface area contributed by atoms with Crippen molar-refractivity contribution in [3.63, 3.8) is 0 Å². The van der Waals surface area contributed by atoms with Crippen LogP contribution in [0.5, 0.6) is 5.75 Å².